The molecule has 2 rings (SSSR count). The highest BCUT2D eigenvalue weighted by Gasteiger charge is 2.30. The van der Waals surface area contributed by atoms with Crippen LogP contribution in [0.15, 0.2) is 0 Å². The first-order valence-electron chi connectivity index (χ1n) is 5.65. The van der Waals surface area contributed by atoms with Gasteiger partial charge in [0, 0.05) is 18.3 Å². The molecule has 0 bridgehead atoms. The van der Waals surface area contributed by atoms with Crippen LogP contribution >= 0.6 is 11.6 Å². The topological polar surface area (TPSA) is 29.1 Å². The summed E-state index contributed by atoms with van der Waals surface area (Å²) in [6, 6.07) is 0.360. The molecule has 0 radical (unpaired) electrons. The summed E-state index contributed by atoms with van der Waals surface area (Å²) in [5.41, 5.74) is 0. The van der Waals surface area contributed by atoms with Crippen LogP contribution in [0.25, 0.3) is 0 Å². The van der Waals surface area contributed by atoms with Gasteiger partial charge in [-0.1, -0.05) is 6.42 Å². The summed E-state index contributed by atoms with van der Waals surface area (Å²) in [6.07, 6.45) is 6.75. The molecule has 0 saturated heterocycles. The zero-order valence-corrected chi connectivity index (χ0v) is 9.22. The molecular formula is C11H18ClNO. The molecule has 0 spiro atoms. The molecule has 2 unspecified atom stereocenters. The number of alkyl halides is 1. The third-order valence-corrected chi connectivity index (χ3v) is 3.77. The number of hydrogen-bond donors (Lipinski definition) is 1. The van der Waals surface area contributed by atoms with Gasteiger partial charge in [-0.25, -0.2) is 0 Å². The van der Waals surface area contributed by atoms with Crippen molar-refractivity contribution in [1.82, 2.24) is 5.32 Å². The Kier molecular flexibility index (Phi) is 3.32. The fraction of sp³-hybridized carbons (Fsp3) is 0.909. The molecule has 2 fully saturated rings. The zero-order valence-electron chi connectivity index (χ0n) is 8.47. The fourth-order valence-corrected chi connectivity index (χ4v) is 2.63. The SMILES string of the molecule is O=C(CC1CC1)NC1CCCC1CCl. The van der Waals surface area contributed by atoms with E-state index in [1.165, 1.54) is 25.7 Å². The number of amides is 1. The van der Waals surface area contributed by atoms with Gasteiger partial charge in [0.05, 0.1) is 0 Å². The van der Waals surface area contributed by atoms with Crippen molar-refractivity contribution in [2.75, 3.05) is 5.88 Å². The lowest BCUT2D eigenvalue weighted by molar-refractivity contribution is -0.122. The summed E-state index contributed by atoms with van der Waals surface area (Å²) in [5, 5.41) is 3.13. The molecule has 0 aromatic rings. The minimum Gasteiger partial charge on any atom is -0.353 e. The van der Waals surface area contributed by atoms with Crippen molar-refractivity contribution >= 4 is 17.5 Å². The van der Waals surface area contributed by atoms with Gasteiger partial charge in [-0.15, -0.1) is 11.6 Å². The minimum absolute atomic E-state index is 0.245. The number of nitrogens with one attached hydrogen (secondary N) is 1. The van der Waals surface area contributed by atoms with E-state index < -0.39 is 0 Å². The second-order valence-electron chi connectivity index (χ2n) is 4.67. The van der Waals surface area contributed by atoms with Gasteiger partial charge in [-0.05, 0) is 37.5 Å². The molecule has 0 heterocycles. The predicted molar refractivity (Wildman–Crippen MR) is 57.3 cm³/mol. The van der Waals surface area contributed by atoms with E-state index in [1.807, 2.05) is 0 Å². The Morgan fingerprint density at radius 1 is 1.29 bits per heavy atom. The average Bonchev–Trinajstić information content (AvgIpc) is 2.84. The third-order valence-electron chi connectivity index (χ3n) is 3.37. The van der Waals surface area contributed by atoms with Crippen LogP contribution in [-0.4, -0.2) is 17.8 Å². The van der Waals surface area contributed by atoms with E-state index in [-0.39, 0.29) is 5.91 Å². The Hall–Kier alpha value is -0.240. The molecule has 80 valence electrons. The van der Waals surface area contributed by atoms with E-state index >= 15 is 0 Å². The molecule has 2 aliphatic carbocycles. The normalized spacial score (nSPS) is 31.8. The maximum absolute atomic E-state index is 11.6. The molecule has 2 atom stereocenters. The highest BCUT2D eigenvalue weighted by molar-refractivity contribution is 6.18. The quantitative estimate of drug-likeness (QED) is 0.717. The maximum atomic E-state index is 11.6. The van der Waals surface area contributed by atoms with Crippen LogP contribution in [0.5, 0.6) is 0 Å². The molecule has 2 saturated carbocycles. The molecule has 14 heavy (non-hydrogen) atoms. The summed E-state index contributed by atoms with van der Waals surface area (Å²) in [4.78, 5) is 11.6. The standard InChI is InChI=1S/C11H18ClNO/c12-7-9-2-1-3-10(9)13-11(14)6-8-4-5-8/h8-10H,1-7H2,(H,13,14). The van der Waals surface area contributed by atoms with Crippen LogP contribution in [0.2, 0.25) is 0 Å². The average molecular weight is 216 g/mol. The smallest absolute Gasteiger partial charge is 0.220 e. The summed E-state index contributed by atoms with van der Waals surface area (Å²) < 4.78 is 0. The molecule has 2 aliphatic rings. The van der Waals surface area contributed by atoms with Crippen LogP contribution in [0.3, 0.4) is 0 Å². The van der Waals surface area contributed by atoms with Crippen molar-refractivity contribution in [2.24, 2.45) is 11.8 Å². The Morgan fingerprint density at radius 3 is 2.71 bits per heavy atom. The van der Waals surface area contributed by atoms with E-state index in [1.54, 1.807) is 0 Å². The van der Waals surface area contributed by atoms with Crippen molar-refractivity contribution in [2.45, 2.75) is 44.6 Å². The highest BCUT2D eigenvalue weighted by atomic mass is 35.5. The highest BCUT2D eigenvalue weighted by Crippen LogP contribution is 2.33. The van der Waals surface area contributed by atoms with E-state index in [0.717, 1.165) is 12.8 Å². The second kappa shape index (κ2) is 4.52. The van der Waals surface area contributed by atoms with Gasteiger partial charge in [-0.2, -0.15) is 0 Å². The number of hydrogen-bond acceptors (Lipinski definition) is 1. The van der Waals surface area contributed by atoms with Gasteiger partial charge in [0.1, 0.15) is 0 Å². The molecule has 0 aromatic carbocycles. The third kappa shape index (κ3) is 2.63. The lowest BCUT2D eigenvalue weighted by atomic mass is 10.1. The van der Waals surface area contributed by atoms with Crippen molar-refractivity contribution in [3.8, 4) is 0 Å². The molecule has 0 aromatic heterocycles. The molecular weight excluding hydrogens is 198 g/mol. The fourth-order valence-electron chi connectivity index (χ4n) is 2.26. The lowest BCUT2D eigenvalue weighted by Gasteiger charge is -2.18. The van der Waals surface area contributed by atoms with Crippen molar-refractivity contribution < 1.29 is 4.79 Å². The van der Waals surface area contributed by atoms with E-state index in [2.05, 4.69) is 5.32 Å². The van der Waals surface area contributed by atoms with Crippen LogP contribution < -0.4 is 5.32 Å². The molecule has 1 amide bonds. The Morgan fingerprint density at radius 2 is 2.07 bits per heavy atom. The van der Waals surface area contributed by atoms with Crippen LogP contribution in [0.1, 0.15) is 38.5 Å². The first kappa shape index (κ1) is 10.3. The largest absolute Gasteiger partial charge is 0.353 e. The number of carbonyl (C=O) groups excluding carboxylic acids is 1. The summed E-state index contributed by atoms with van der Waals surface area (Å²) in [7, 11) is 0. The van der Waals surface area contributed by atoms with E-state index in [0.29, 0.717) is 23.8 Å². The van der Waals surface area contributed by atoms with Gasteiger partial charge in [0.15, 0.2) is 0 Å². The minimum atomic E-state index is 0.245. The van der Waals surface area contributed by atoms with Crippen LogP contribution in [0.4, 0.5) is 0 Å². The van der Waals surface area contributed by atoms with Gasteiger partial charge in [-0.3, -0.25) is 4.79 Å². The number of carbonyl (C=O) groups is 1. The summed E-state index contributed by atoms with van der Waals surface area (Å²) in [5.74, 6) is 2.13. The lowest BCUT2D eigenvalue weighted by Crippen LogP contribution is -2.38. The first-order valence-corrected chi connectivity index (χ1v) is 6.18. The van der Waals surface area contributed by atoms with Crippen molar-refractivity contribution in [3.63, 3.8) is 0 Å². The molecule has 1 N–H and O–H groups in total. The van der Waals surface area contributed by atoms with Crippen molar-refractivity contribution in [1.29, 1.82) is 0 Å². The Labute approximate surface area is 90.4 Å². The monoisotopic (exact) mass is 215 g/mol. The van der Waals surface area contributed by atoms with Gasteiger partial charge >= 0.3 is 0 Å². The molecule has 3 heteroatoms. The number of rotatable bonds is 4. The zero-order chi connectivity index (χ0) is 9.97. The van der Waals surface area contributed by atoms with Crippen LogP contribution in [0, 0.1) is 11.8 Å². The van der Waals surface area contributed by atoms with E-state index in [9.17, 15) is 4.79 Å². The maximum Gasteiger partial charge on any atom is 0.220 e. The molecule has 0 aliphatic heterocycles. The van der Waals surface area contributed by atoms with Gasteiger partial charge < -0.3 is 5.32 Å². The summed E-state index contributed by atoms with van der Waals surface area (Å²) >= 11 is 5.85. The second-order valence-corrected chi connectivity index (χ2v) is 4.98. The predicted octanol–water partition coefficient (Wildman–Crippen LogP) is 2.31. The first-order chi connectivity index (χ1) is 6.79. The van der Waals surface area contributed by atoms with Crippen molar-refractivity contribution in [3.05, 3.63) is 0 Å². The van der Waals surface area contributed by atoms with E-state index in [4.69, 9.17) is 11.6 Å². The summed E-state index contributed by atoms with van der Waals surface area (Å²) in [6.45, 7) is 0. The molecule has 2 nitrogen and oxygen atoms in total. The Balaban J connectivity index is 1.74. The van der Waals surface area contributed by atoms with Crippen LogP contribution in [-0.2, 0) is 4.79 Å². The van der Waals surface area contributed by atoms with Gasteiger partial charge in [0.25, 0.3) is 0 Å². The Bertz CT molecular complexity index is 215. The van der Waals surface area contributed by atoms with Gasteiger partial charge in [0.2, 0.25) is 5.91 Å². The number of halogens is 1.